The van der Waals surface area contributed by atoms with Gasteiger partial charge in [0.05, 0.1) is 17.6 Å². The fourth-order valence-corrected chi connectivity index (χ4v) is 1.86. The van der Waals surface area contributed by atoms with Crippen LogP contribution in [0.4, 0.5) is 0 Å². The van der Waals surface area contributed by atoms with Crippen LogP contribution in [0.2, 0.25) is 0 Å². The van der Waals surface area contributed by atoms with Crippen molar-refractivity contribution in [3.8, 4) is 0 Å². The fraction of sp³-hybridized carbons (Fsp3) is 0.400. The zero-order valence-corrected chi connectivity index (χ0v) is 9.08. The molecule has 1 heterocycles. The lowest BCUT2D eigenvalue weighted by molar-refractivity contribution is 0.670. The summed E-state index contributed by atoms with van der Waals surface area (Å²) in [4.78, 5) is 8.79. The van der Waals surface area contributed by atoms with Gasteiger partial charge in [-0.3, -0.25) is 4.98 Å². The van der Waals surface area contributed by atoms with Gasteiger partial charge < -0.3 is 0 Å². The van der Waals surface area contributed by atoms with Gasteiger partial charge in [0.15, 0.2) is 0 Å². The van der Waals surface area contributed by atoms with E-state index < -0.39 is 0 Å². The molecule has 1 atom stereocenters. The molecular formula is C10H11BrN2. The van der Waals surface area contributed by atoms with Crippen molar-refractivity contribution < 1.29 is 0 Å². The first kappa shape index (κ1) is 8.88. The van der Waals surface area contributed by atoms with Crippen LogP contribution in [0.25, 0.3) is 6.08 Å². The predicted octanol–water partition coefficient (Wildman–Crippen LogP) is 3.15. The maximum Gasteiger partial charge on any atom is 0.125 e. The minimum atomic E-state index is 0.519. The molecule has 0 aromatic carbocycles. The van der Waals surface area contributed by atoms with Gasteiger partial charge in [-0.1, -0.05) is 13.0 Å². The molecule has 0 spiro atoms. The maximum absolute atomic E-state index is 4.40. The third kappa shape index (κ3) is 1.80. The number of fused-ring (bicyclic) bond motifs is 1. The third-order valence-corrected chi connectivity index (χ3v) is 2.69. The van der Waals surface area contributed by atoms with Gasteiger partial charge in [-0.2, -0.15) is 0 Å². The first-order valence-corrected chi connectivity index (χ1v) is 5.25. The first-order chi connectivity index (χ1) is 6.27. The molecule has 0 radical (unpaired) electrons. The topological polar surface area (TPSA) is 25.8 Å². The van der Waals surface area contributed by atoms with Crippen molar-refractivity contribution in [2.45, 2.75) is 25.7 Å². The van der Waals surface area contributed by atoms with Crippen molar-refractivity contribution in [2.24, 2.45) is 0 Å². The summed E-state index contributed by atoms with van der Waals surface area (Å²) in [7, 11) is 0. The van der Waals surface area contributed by atoms with Crippen LogP contribution < -0.4 is 0 Å². The Balaban J connectivity index is 2.51. The number of aromatic nitrogens is 2. The van der Waals surface area contributed by atoms with Crippen LogP contribution >= 0.6 is 15.9 Å². The SMILES string of the molecule is CC1CCC=Cc2nc(Br)cnc21. The van der Waals surface area contributed by atoms with E-state index in [4.69, 9.17) is 0 Å². The molecule has 2 nitrogen and oxygen atoms in total. The minimum Gasteiger partial charge on any atom is -0.256 e. The van der Waals surface area contributed by atoms with Crippen LogP contribution in [0.1, 0.15) is 37.1 Å². The standard InChI is InChI=1S/C10H11BrN2/c1-7-4-2-3-5-8-10(7)12-6-9(11)13-8/h3,5-7H,2,4H2,1H3. The van der Waals surface area contributed by atoms with Crippen molar-refractivity contribution in [1.29, 1.82) is 0 Å². The van der Waals surface area contributed by atoms with Gasteiger partial charge in [0, 0.05) is 5.92 Å². The molecule has 0 fully saturated rings. The molecule has 1 aromatic heterocycles. The average molecular weight is 239 g/mol. The molecule has 1 aromatic rings. The molecule has 1 aliphatic carbocycles. The molecule has 13 heavy (non-hydrogen) atoms. The van der Waals surface area contributed by atoms with Gasteiger partial charge >= 0.3 is 0 Å². The van der Waals surface area contributed by atoms with E-state index in [0.29, 0.717) is 5.92 Å². The van der Waals surface area contributed by atoms with Gasteiger partial charge in [0.1, 0.15) is 4.60 Å². The summed E-state index contributed by atoms with van der Waals surface area (Å²) in [6, 6.07) is 0. The number of hydrogen-bond donors (Lipinski definition) is 0. The second-order valence-electron chi connectivity index (χ2n) is 3.34. The number of halogens is 1. The summed E-state index contributed by atoms with van der Waals surface area (Å²) < 4.78 is 0.810. The summed E-state index contributed by atoms with van der Waals surface area (Å²) in [5, 5.41) is 0. The fourth-order valence-electron chi connectivity index (χ4n) is 1.57. The third-order valence-electron chi connectivity index (χ3n) is 2.31. The Bertz CT molecular complexity index is 347. The van der Waals surface area contributed by atoms with Gasteiger partial charge in [0.25, 0.3) is 0 Å². The van der Waals surface area contributed by atoms with Crippen LogP contribution in [-0.2, 0) is 0 Å². The first-order valence-electron chi connectivity index (χ1n) is 4.46. The van der Waals surface area contributed by atoms with E-state index in [1.807, 2.05) is 0 Å². The second-order valence-corrected chi connectivity index (χ2v) is 4.16. The van der Waals surface area contributed by atoms with Crippen molar-refractivity contribution in [1.82, 2.24) is 9.97 Å². The van der Waals surface area contributed by atoms with Crippen LogP contribution in [-0.4, -0.2) is 9.97 Å². The van der Waals surface area contributed by atoms with E-state index >= 15 is 0 Å². The van der Waals surface area contributed by atoms with Crippen LogP contribution in [0.15, 0.2) is 16.9 Å². The molecule has 1 aliphatic rings. The van der Waals surface area contributed by atoms with Crippen molar-refractivity contribution in [3.05, 3.63) is 28.3 Å². The van der Waals surface area contributed by atoms with Gasteiger partial charge in [-0.05, 0) is 34.8 Å². The Hall–Kier alpha value is -0.700. The van der Waals surface area contributed by atoms with Crippen molar-refractivity contribution >= 4 is 22.0 Å². The molecule has 0 amide bonds. The molecule has 0 aliphatic heterocycles. The number of allylic oxidation sites excluding steroid dienone is 1. The summed E-state index contributed by atoms with van der Waals surface area (Å²) in [5.74, 6) is 0.519. The Kier molecular flexibility index (Phi) is 2.44. The van der Waals surface area contributed by atoms with E-state index in [2.05, 4.69) is 45.0 Å². The molecule has 0 bridgehead atoms. The highest BCUT2D eigenvalue weighted by Crippen LogP contribution is 2.26. The normalized spacial score (nSPS) is 20.9. The summed E-state index contributed by atoms with van der Waals surface area (Å²) in [6.07, 6.45) is 8.30. The van der Waals surface area contributed by atoms with Crippen LogP contribution in [0.3, 0.4) is 0 Å². The quantitative estimate of drug-likeness (QED) is 0.694. The Morgan fingerprint density at radius 1 is 1.54 bits per heavy atom. The summed E-state index contributed by atoms with van der Waals surface area (Å²) >= 11 is 3.33. The van der Waals surface area contributed by atoms with E-state index in [9.17, 15) is 0 Å². The molecule has 0 saturated carbocycles. The van der Waals surface area contributed by atoms with Gasteiger partial charge in [-0.25, -0.2) is 4.98 Å². The lowest BCUT2D eigenvalue weighted by Crippen LogP contribution is -2.00. The molecule has 68 valence electrons. The maximum atomic E-state index is 4.40. The Morgan fingerprint density at radius 2 is 2.38 bits per heavy atom. The highest BCUT2D eigenvalue weighted by molar-refractivity contribution is 9.10. The van der Waals surface area contributed by atoms with Crippen molar-refractivity contribution in [2.75, 3.05) is 0 Å². The lowest BCUT2D eigenvalue weighted by atomic mass is 10.0. The molecule has 1 unspecified atom stereocenters. The largest absolute Gasteiger partial charge is 0.256 e. The summed E-state index contributed by atoms with van der Waals surface area (Å²) in [5.41, 5.74) is 2.14. The molecular weight excluding hydrogens is 228 g/mol. The van der Waals surface area contributed by atoms with E-state index in [0.717, 1.165) is 22.4 Å². The monoisotopic (exact) mass is 238 g/mol. The molecule has 0 saturated heterocycles. The smallest absolute Gasteiger partial charge is 0.125 e. The lowest BCUT2D eigenvalue weighted by Gasteiger charge is -2.09. The van der Waals surface area contributed by atoms with Crippen molar-refractivity contribution in [3.63, 3.8) is 0 Å². The average Bonchev–Trinajstić information content (AvgIpc) is 2.28. The number of rotatable bonds is 0. The van der Waals surface area contributed by atoms with E-state index in [1.165, 1.54) is 6.42 Å². The number of nitrogens with zero attached hydrogens (tertiary/aromatic N) is 2. The predicted molar refractivity (Wildman–Crippen MR) is 56.4 cm³/mol. The zero-order valence-electron chi connectivity index (χ0n) is 7.50. The molecule has 2 rings (SSSR count). The minimum absolute atomic E-state index is 0.519. The van der Waals surface area contributed by atoms with Gasteiger partial charge in [-0.15, -0.1) is 0 Å². The molecule has 0 N–H and O–H groups in total. The van der Waals surface area contributed by atoms with E-state index in [-0.39, 0.29) is 0 Å². The molecule has 3 heteroatoms. The Morgan fingerprint density at radius 3 is 3.23 bits per heavy atom. The van der Waals surface area contributed by atoms with E-state index in [1.54, 1.807) is 6.20 Å². The zero-order chi connectivity index (χ0) is 9.26. The highest BCUT2D eigenvalue weighted by Gasteiger charge is 2.14. The van der Waals surface area contributed by atoms with Crippen LogP contribution in [0.5, 0.6) is 0 Å². The van der Waals surface area contributed by atoms with Gasteiger partial charge in [0.2, 0.25) is 0 Å². The second kappa shape index (κ2) is 3.58. The number of hydrogen-bond acceptors (Lipinski definition) is 2. The highest BCUT2D eigenvalue weighted by atomic mass is 79.9. The summed E-state index contributed by atoms with van der Waals surface area (Å²) in [6.45, 7) is 2.20. The van der Waals surface area contributed by atoms with Crippen LogP contribution in [0, 0.1) is 0 Å². The Labute approximate surface area is 86.2 Å².